The molecule has 2 unspecified atom stereocenters. The zero-order valence-corrected chi connectivity index (χ0v) is 11.8. The van der Waals surface area contributed by atoms with Gasteiger partial charge in [-0.3, -0.25) is 0 Å². The van der Waals surface area contributed by atoms with Crippen LogP contribution in [0.3, 0.4) is 0 Å². The lowest BCUT2D eigenvalue weighted by Gasteiger charge is -2.39. The lowest BCUT2D eigenvalue weighted by Crippen LogP contribution is -2.56. The summed E-state index contributed by atoms with van der Waals surface area (Å²) in [4.78, 5) is 25.5. The average molecular weight is 308 g/mol. The number of carbonyl (C=O) groups is 2. The van der Waals surface area contributed by atoms with Crippen molar-refractivity contribution in [3.05, 3.63) is 0 Å². The first kappa shape index (κ1) is 15.9. The molecule has 2 amide bonds. The predicted octanol–water partition coefficient (Wildman–Crippen LogP) is 2.32. The summed E-state index contributed by atoms with van der Waals surface area (Å²) >= 11 is 0. The molecule has 0 bridgehead atoms. The van der Waals surface area contributed by atoms with E-state index in [4.69, 9.17) is 0 Å². The zero-order chi connectivity index (χ0) is 15.8. The molecule has 0 aromatic heterocycles. The molecule has 0 aromatic carbocycles. The highest BCUT2D eigenvalue weighted by Crippen LogP contribution is 2.33. The normalized spacial score (nSPS) is 26.6. The Hall–Kier alpha value is -1.47. The van der Waals surface area contributed by atoms with Crippen LogP contribution in [0.5, 0.6) is 0 Å². The van der Waals surface area contributed by atoms with Crippen molar-refractivity contribution < 1.29 is 27.9 Å². The molecular weight excluding hydrogens is 289 g/mol. The molecule has 2 atom stereocenters. The number of alkyl halides is 3. The maximum absolute atomic E-state index is 12.6. The van der Waals surface area contributed by atoms with Gasteiger partial charge in [0, 0.05) is 12.6 Å². The minimum absolute atomic E-state index is 0.146. The predicted molar refractivity (Wildman–Crippen MR) is 67.7 cm³/mol. The third-order valence-corrected chi connectivity index (χ3v) is 3.98. The van der Waals surface area contributed by atoms with E-state index in [1.165, 1.54) is 0 Å². The van der Waals surface area contributed by atoms with Crippen molar-refractivity contribution >= 4 is 12.0 Å². The quantitative estimate of drug-likeness (QED) is 0.870. The zero-order valence-electron chi connectivity index (χ0n) is 11.8. The van der Waals surface area contributed by atoms with Crippen LogP contribution in [-0.2, 0) is 4.79 Å². The lowest BCUT2D eigenvalue weighted by molar-refractivity contribution is -0.147. The molecule has 1 heterocycles. The van der Waals surface area contributed by atoms with Crippen LogP contribution in [0, 0.1) is 5.92 Å². The van der Waals surface area contributed by atoms with Crippen molar-refractivity contribution in [1.82, 2.24) is 9.80 Å². The molecule has 120 valence electrons. The van der Waals surface area contributed by atoms with Crippen molar-refractivity contribution in [2.24, 2.45) is 5.92 Å². The first-order valence-corrected chi connectivity index (χ1v) is 7.06. The van der Waals surface area contributed by atoms with Crippen LogP contribution in [0.1, 0.15) is 32.6 Å². The number of amides is 2. The van der Waals surface area contributed by atoms with Gasteiger partial charge in [0.15, 0.2) is 0 Å². The van der Waals surface area contributed by atoms with Crippen molar-refractivity contribution in [2.75, 3.05) is 13.1 Å². The maximum Gasteiger partial charge on any atom is 0.406 e. The van der Waals surface area contributed by atoms with Crippen molar-refractivity contribution in [3.63, 3.8) is 0 Å². The number of urea groups is 1. The number of rotatable bonds is 3. The molecule has 0 radical (unpaired) electrons. The van der Waals surface area contributed by atoms with E-state index in [0.29, 0.717) is 19.3 Å². The fourth-order valence-corrected chi connectivity index (χ4v) is 2.70. The topological polar surface area (TPSA) is 60.9 Å². The van der Waals surface area contributed by atoms with Crippen LogP contribution in [0.4, 0.5) is 18.0 Å². The van der Waals surface area contributed by atoms with Crippen LogP contribution in [0.2, 0.25) is 0 Å². The number of carboxylic acids is 1. The molecule has 5 nitrogen and oxygen atoms in total. The van der Waals surface area contributed by atoms with Gasteiger partial charge in [-0.15, -0.1) is 0 Å². The molecule has 8 heteroatoms. The van der Waals surface area contributed by atoms with Gasteiger partial charge >= 0.3 is 18.2 Å². The van der Waals surface area contributed by atoms with E-state index in [-0.39, 0.29) is 18.9 Å². The number of hydrogen-bond acceptors (Lipinski definition) is 2. The van der Waals surface area contributed by atoms with Crippen LogP contribution < -0.4 is 0 Å². The second-order valence-corrected chi connectivity index (χ2v) is 5.93. The van der Waals surface area contributed by atoms with Crippen LogP contribution in [0.15, 0.2) is 0 Å². The lowest BCUT2D eigenvalue weighted by atomic mass is 9.92. The summed E-state index contributed by atoms with van der Waals surface area (Å²) in [5.41, 5.74) is 0. The minimum atomic E-state index is -4.47. The Morgan fingerprint density at radius 2 is 1.90 bits per heavy atom. The first-order chi connectivity index (χ1) is 9.69. The summed E-state index contributed by atoms with van der Waals surface area (Å²) in [6.07, 6.45) is -2.49. The largest absolute Gasteiger partial charge is 0.480 e. The van der Waals surface area contributed by atoms with E-state index in [1.807, 2.05) is 6.92 Å². The van der Waals surface area contributed by atoms with Gasteiger partial charge in [-0.2, -0.15) is 13.2 Å². The van der Waals surface area contributed by atoms with Gasteiger partial charge in [0.1, 0.15) is 12.6 Å². The fraction of sp³-hybridized carbons (Fsp3) is 0.846. The van der Waals surface area contributed by atoms with Crippen LogP contribution in [0.25, 0.3) is 0 Å². The molecule has 1 saturated carbocycles. The van der Waals surface area contributed by atoms with E-state index >= 15 is 0 Å². The third-order valence-electron chi connectivity index (χ3n) is 3.98. The van der Waals surface area contributed by atoms with E-state index in [0.717, 1.165) is 9.80 Å². The van der Waals surface area contributed by atoms with Gasteiger partial charge in [0.2, 0.25) is 0 Å². The Balaban J connectivity index is 2.13. The van der Waals surface area contributed by atoms with Gasteiger partial charge < -0.3 is 14.9 Å². The van der Waals surface area contributed by atoms with Crippen molar-refractivity contribution in [2.45, 2.75) is 50.9 Å². The van der Waals surface area contributed by atoms with Gasteiger partial charge in [0.25, 0.3) is 0 Å². The number of piperidine rings is 1. The van der Waals surface area contributed by atoms with E-state index in [2.05, 4.69) is 0 Å². The molecule has 0 spiro atoms. The maximum atomic E-state index is 12.6. The summed E-state index contributed by atoms with van der Waals surface area (Å²) in [5, 5.41) is 9.21. The Kier molecular flexibility index (Phi) is 4.34. The highest BCUT2D eigenvalue weighted by atomic mass is 19.4. The summed E-state index contributed by atoms with van der Waals surface area (Å²) in [6.45, 7) is 0.763. The summed E-state index contributed by atoms with van der Waals surface area (Å²) in [6, 6.07) is -2.24. The average Bonchev–Trinajstić information content (AvgIpc) is 3.18. The molecule has 1 aliphatic heterocycles. The van der Waals surface area contributed by atoms with Gasteiger partial charge in [-0.05, 0) is 31.6 Å². The highest BCUT2D eigenvalue weighted by Gasteiger charge is 2.45. The molecule has 1 saturated heterocycles. The van der Waals surface area contributed by atoms with Crippen molar-refractivity contribution in [3.8, 4) is 0 Å². The van der Waals surface area contributed by atoms with Gasteiger partial charge in [-0.1, -0.05) is 6.92 Å². The molecule has 1 aliphatic carbocycles. The second-order valence-electron chi connectivity index (χ2n) is 5.93. The molecule has 21 heavy (non-hydrogen) atoms. The number of carbonyl (C=O) groups excluding carboxylic acids is 1. The summed E-state index contributed by atoms with van der Waals surface area (Å²) < 4.78 is 37.8. The third kappa shape index (κ3) is 4.01. The van der Waals surface area contributed by atoms with E-state index < -0.39 is 36.8 Å². The number of aliphatic carboxylic acids is 1. The minimum Gasteiger partial charge on any atom is -0.480 e. The standard InChI is InChI=1S/C13H19F3N2O3/c1-8-4-5-17(10(6-8)11(19)20)12(21)18(9-2-3-9)7-13(14,15)16/h8-10H,2-7H2,1H3,(H,19,20). The molecule has 2 fully saturated rings. The number of carboxylic acid groups (broad SMARTS) is 1. The van der Waals surface area contributed by atoms with E-state index in [9.17, 15) is 27.9 Å². The Bertz CT molecular complexity index is 423. The van der Waals surface area contributed by atoms with E-state index in [1.54, 1.807) is 0 Å². The van der Waals surface area contributed by atoms with Crippen LogP contribution >= 0.6 is 0 Å². The number of hydrogen-bond donors (Lipinski definition) is 1. The summed E-state index contributed by atoms with van der Waals surface area (Å²) in [7, 11) is 0. The number of nitrogens with zero attached hydrogens (tertiary/aromatic N) is 2. The molecule has 2 aliphatic rings. The SMILES string of the molecule is CC1CCN(C(=O)N(CC(F)(F)F)C2CC2)C(C(=O)O)C1. The van der Waals surface area contributed by atoms with Crippen LogP contribution in [-0.4, -0.2) is 58.3 Å². The fourth-order valence-electron chi connectivity index (χ4n) is 2.70. The molecule has 2 rings (SSSR count). The number of likely N-dealkylation sites (tertiary alicyclic amines) is 1. The van der Waals surface area contributed by atoms with Gasteiger partial charge in [-0.25, -0.2) is 9.59 Å². The molecule has 1 N–H and O–H groups in total. The highest BCUT2D eigenvalue weighted by molar-refractivity contribution is 5.83. The molecule has 0 aromatic rings. The second kappa shape index (κ2) is 5.73. The molecular formula is C13H19F3N2O3. The monoisotopic (exact) mass is 308 g/mol. The Morgan fingerprint density at radius 1 is 1.29 bits per heavy atom. The Morgan fingerprint density at radius 3 is 2.38 bits per heavy atom. The Labute approximate surface area is 120 Å². The number of halogens is 3. The van der Waals surface area contributed by atoms with Gasteiger partial charge in [0.05, 0.1) is 0 Å². The van der Waals surface area contributed by atoms with Crippen molar-refractivity contribution in [1.29, 1.82) is 0 Å². The summed E-state index contributed by atoms with van der Waals surface area (Å²) in [5.74, 6) is -1.01. The first-order valence-electron chi connectivity index (χ1n) is 7.06. The smallest absolute Gasteiger partial charge is 0.406 e.